The van der Waals surface area contributed by atoms with E-state index in [9.17, 15) is 14.7 Å². The fraction of sp³-hybridized carbons (Fsp3) is 0.381. The van der Waals surface area contributed by atoms with Crippen LogP contribution in [0.3, 0.4) is 0 Å². The summed E-state index contributed by atoms with van der Waals surface area (Å²) in [5, 5.41) is 16.7. The van der Waals surface area contributed by atoms with Crippen molar-refractivity contribution in [2.24, 2.45) is 0 Å². The molecule has 0 unspecified atom stereocenters. The Kier molecular flexibility index (Phi) is 4.61. The van der Waals surface area contributed by atoms with Crippen molar-refractivity contribution in [3.63, 3.8) is 0 Å². The van der Waals surface area contributed by atoms with Gasteiger partial charge in [0.1, 0.15) is 5.69 Å². The molecule has 5 heterocycles. The molecule has 0 bridgehead atoms. The molecule has 3 aromatic heterocycles. The average Bonchev–Trinajstić information content (AvgIpc) is 3.21. The highest BCUT2D eigenvalue weighted by Crippen LogP contribution is 2.42. The van der Waals surface area contributed by atoms with Crippen molar-refractivity contribution in [3.05, 3.63) is 46.6 Å². The molecule has 166 valence electrons. The van der Waals surface area contributed by atoms with E-state index in [0.29, 0.717) is 17.9 Å². The number of aliphatic hydroxyl groups excluding tert-OH is 1. The molecule has 0 aliphatic carbocycles. The largest absolute Gasteiger partial charge is 0.389 e. The predicted molar refractivity (Wildman–Crippen MR) is 118 cm³/mol. The summed E-state index contributed by atoms with van der Waals surface area (Å²) in [4.78, 5) is 37.4. The number of nitrogens with zero attached hydrogens (tertiary/aromatic N) is 6. The van der Waals surface area contributed by atoms with Gasteiger partial charge in [0.25, 0.3) is 5.91 Å². The number of carbonyl (C=O) groups is 2. The molecule has 0 aromatic carbocycles. The van der Waals surface area contributed by atoms with Crippen molar-refractivity contribution in [2.45, 2.75) is 32.3 Å². The Hall–Kier alpha value is -3.24. The predicted octanol–water partition coefficient (Wildman–Crippen LogP) is 2.23. The third-order valence-corrected chi connectivity index (χ3v) is 6.09. The lowest BCUT2D eigenvalue weighted by molar-refractivity contribution is 0.00552. The van der Waals surface area contributed by atoms with Crippen molar-refractivity contribution in [3.8, 4) is 0 Å². The highest BCUT2D eigenvalue weighted by atomic mass is 35.5. The average molecular weight is 456 g/mol. The van der Waals surface area contributed by atoms with Crippen LogP contribution in [0.4, 0.5) is 16.2 Å². The number of hydrogen-bond donors (Lipinski definition) is 2. The van der Waals surface area contributed by atoms with Crippen LogP contribution in [0.5, 0.6) is 0 Å². The zero-order valence-electron chi connectivity index (χ0n) is 17.8. The third-order valence-electron chi connectivity index (χ3n) is 5.80. The first-order chi connectivity index (χ1) is 15.1. The van der Waals surface area contributed by atoms with Crippen molar-refractivity contribution in [1.29, 1.82) is 0 Å². The molecule has 0 atom stereocenters. The van der Waals surface area contributed by atoms with E-state index in [1.807, 2.05) is 13.1 Å². The monoisotopic (exact) mass is 455 g/mol. The fourth-order valence-electron chi connectivity index (χ4n) is 4.26. The van der Waals surface area contributed by atoms with Gasteiger partial charge in [-0.15, -0.1) is 0 Å². The number of rotatable bonds is 2. The Labute approximate surface area is 188 Å². The lowest BCUT2D eigenvalue weighted by Gasteiger charge is -2.35. The molecular weight excluding hydrogens is 434 g/mol. The number of β-amino-alcohol motifs (C(OH)–C–C–N with tert-alkyl or cyclic N) is 1. The zero-order valence-corrected chi connectivity index (χ0v) is 18.6. The number of fused-ring (bicyclic) bond motifs is 3. The smallest absolute Gasteiger partial charge is 0.326 e. The first-order valence-corrected chi connectivity index (χ1v) is 10.6. The summed E-state index contributed by atoms with van der Waals surface area (Å²) in [5.41, 5.74) is 3.40. The summed E-state index contributed by atoms with van der Waals surface area (Å²) >= 11 is 6.26. The quantitative estimate of drug-likeness (QED) is 0.612. The van der Waals surface area contributed by atoms with E-state index >= 15 is 0 Å². The van der Waals surface area contributed by atoms with Gasteiger partial charge in [-0.2, -0.15) is 5.10 Å². The van der Waals surface area contributed by atoms with Gasteiger partial charge < -0.3 is 15.3 Å². The highest BCUT2D eigenvalue weighted by molar-refractivity contribution is 6.33. The first-order valence-electron chi connectivity index (χ1n) is 10.2. The number of aliphatic hydroxyl groups is 1. The number of carbonyl (C=O) groups excluding carboxylic acids is 2. The van der Waals surface area contributed by atoms with Crippen LogP contribution < -0.4 is 10.2 Å². The Morgan fingerprint density at radius 2 is 2.03 bits per heavy atom. The van der Waals surface area contributed by atoms with Crippen molar-refractivity contribution >= 4 is 40.6 Å². The molecule has 11 heteroatoms. The normalized spacial score (nSPS) is 17.4. The van der Waals surface area contributed by atoms with Crippen LogP contribution in [0.2, 0.25) is 5.02 Å². The van der Waals surface area contributed by atoms with E-state index in [1.165, 1.54) is 17.2 Å². The van der Waals surface area contributed by atoms with E-state index < -0.39 is 6.10 Å². The number of amides is 3. The van der Waals surface area contributed by atoms with Gasteiger partial charge in [-0.05, 0) is 13.0 Å². The van der Waals surface area contributed by atoms with E-state index in [-0.39, 0.29) is 41.2 Å². The van der Waals surface area contributed by atoms with Gasteiger partial charge in [0.2, 0.25) is 0 Å². The van der Waals surface area contributed by atoms with E-state index in [4.69, 9.17) is 11.6 Å². The number of urea groups is 1. The number of halogens is 1. The third kappa shape index (κ3) is 3.26. The van der Waals surface area contributed by atoms with Gasteiger partial charge >= 0.3 is 6.03 Å². The number of imidazole rings is 1. The van der Waals surface area contributed by atoms with E-state index in [1.54, 1.807) is 15.6 Å². The number of aryl methyl sites for hydroxylation is 1. The van der Waals surface area contributed by atoms with Gasteiger partial charge in [0.05, 0.1) is 46.8 Å². The number of aromatic nitrogens is 4. The van der Waals surface area contributed by atoms with Crippen molar-refractivity contribution in [1.82, 2.24) is 24.5 Å². The molecule has 0 saturated carbocycles. The lowest BCUT2D eigenvalue weighted by Crippen LogP contribution is -2.53. The van der Waals surface area contributed by atoms with Gasteiger partial charge in [-0.25, -0.2) is 19.3 Å². The van der Waals surface area contributed by atoms with E-state index in [0.717, 1.165) is 16.9 Å². The molecule has 1 saturated heterocycles. The molecule has 1 fully saturated rings. The molecular formula is C21H22ClN7O3. The minimum atomic E-state index is -0.509. The molecule has 5 rings (SSSR count). The molecule has 2 aliphatic rings. The van der Waals surface area contributed by atoms with Crippen LogP contribution in [-0.2, 0) is 5.41 Å². The fourth-order valence-corrected chi connectivity index (χ4v) is 4.51. The van der Waals surface area contributed by atoms with Crippen LogP contribution >= 0.6 is 11.6 Å². The maximum Gasteiger partial charge on any atom is 0.326 e. The molecule has 32 heavy (non-hydrogen) atoms. The number of likely N-dealkylation sites (tertiary alicyclic amines) is 1. The van der Waals surface area contributed by atoms with Crippen LogP contribution in [0.25, 0.3) is 5.65 Å². The highest BCUT2D eigenvalue weighted by Gasteiger charge is 2.41. The van der Waals surface area contributed by atoms with Gasteiger partial charge in [0.15, 0.2) is 5.65 Å². The summed E-state index contributed by atoms with van der Waals surface area (Å²) < 4.78 is 1.73. The molecule has 2 aliphatic heterocycles. The molecule has 2 N–H and O–H groups in total. The Morgan fingerprint density at radius 3 is 2.72 bits per heavy atom. The van der Waals surface area contributed by atoms with Crippen LogP contribution in [0.15, 0.2) is 24.7 Å². The molecule has 0 spiro atoms. The number of hydrogen-bond acceptors (Lipinski definition) is 6. The van der Waals surface area contributed by atoms with Gasteiger partial charge in [-0.1, -0.05) is 25.4 Å². The number of nitrogens with one attached hydrogen (secondary N) is 1. The number of anilines is 2. The molecule has 10 nitrogen and oxygen atoms in total. The second-order valence-electron chi connectivity index (χ2n) is 8.87. The van der Waals surface area contributed by atoms with Gasteiger partial charge in [0, 0.05) is 30.6 Å². The second kappa shape index (κ2) is 7.14. The summed E-state index contributed by atoms with van der Waals surface area (Å²) in [6.45, 7) is 7.01. The van der Waals surface area contributed by atoms with Crippen LogP contribution in [0, 0.1) is 6.92 Å². The Morgan fingerprint density at radius 1 is 1.28 bits per heavy atom. The summed E-state index contributed by atoms with van der Waals surface area (Å²) in [5.74, 6) is -0.349. The van der Waals surface area contributed by atoms with Crippen molar-refractivity contribution in [2.75, 3.05) is 29.9 Å². The minimum Gasteiger partial charge on any atom is -0.389 e. The van der Waals surface area contributed by atoms with Crippen molar-refractivity contribution < 1.29 is 14.7 Å². The Balaban J connectivity index is 1.39. The zero-order chi connectivity index (χ0) is 22.8. The van der Waals surface area contributed by atoms with Crippen LogP contribution in [0.1, 0.15) is 35.6 Å². The summed E-state index contributed by atoms with van der Waals surface area (Å²) in [6, 6.07) is 1.14. The lowest BCUT2D eigenvalue weighted by atomic mass is 9.88. The Bertz CT molecular complexity index is 1270. The minimum absolute atomic E-state index is 0.0884. The SMILES string of the molecule is Cc1cn2ncc3c(c2n1)C(C)(C)CN3C(=O)Nc1cnc(C(=O)N2CC(O)C2)c(Cl)c1. The van der Waals surface area contributed by atoms with Gasteiger partial charge in [-0.3, -0.25) is 9.69 Å². The number of pyridine rings is 1. The molecule has 0 radical (unpaired) electrons. The molecule has 3 amide bonds. The first kappa shape index (κ1) is 20.7. The second-order valence-corrected chi connectivity index (χ2v) is 9.28. The summed E-state index contributed by atoms with van der Waals surface area (Å²) in [6.07, 6.45) is 4.41. The summed E-state index contributed by atoms with van der Waals surface area (Å²) in [7, 11) is 0. The maximum atomic E-state index is 13.1. The topological polar surface area (TPSA) is 116 Å². The maximum absolute atomic E-state index is 13.1. The van der Waals surface area contributed by atoms with Crippen LogP contribution in [-0.4, -0.2) is 67.3 Å². The molecule has 3 aromatic rings. The standard InChI is InChI=1S/C21H22ClN7O3/c1-11-7-29-18(25-11)16-15(6-24-29)28(10-21(16,2)3)20(32)26-12-4-14(22)17(23-5-12)19(31)27-8-13(30)9-27/h4-7,13,30H,8-10H2,1-3H3,(H,26,32). The van der Waals surface area contributed by atoms with E-state index in [2.05, 4.69) is 34.2 Å².